The Kier molecular flexibility index (Phi) is 4.82. The summed E-state index contributed by atoms with van der Waals surface area (Å²) in [5.41, 5.74) is 1.68. The summed E-state index contributed by atoms with van der Waals surface area (Å²) >= 11 is 1.48. The molecule has 1 aliphatic heterocycles. The molecule has 0 aliphatic carbocycles. The highest BCUT2D eigenvalue weighted by Gasteiger charge is 2.51. The molecular formula is C14H23BN2O2S. The van der Waals surface area contributed by atoms with Gasteiger partial charge >= 0.3 is 7.12 Å². The third-order valence-electron chi connectivity index (χ3n) is 3.93. The van der Waals surface area contributed by atoms with Crippen molar-refractivity contribution in [1.29, 1.82) is 0 Å². The maximum absolute atomic E-state index is 6.07. The van der Waals surface area contributed by atoms with Gasteiger partial charge in [0.25, 0.3) is 0 Å². The van der Waals surface area contributed by atoms with Crippen molar-refractivity contribution in [1.82, 2.24) is 9.44 Å². The summed E-state index contributed by atoms with van der Waals surface area (Å²) in [6, 6.07) is 8.32. The van der Waals surface area contributed by atoms with Crippen molar-refractivity contribution in [3.63, 3.8) is 0 Å². The second-order valence-corrected chi connectivity index (χ2v) is 6.86. The van der Waals surface area contributed by atoms with Gasteiger partial charge in [-0.2, -0.15) is 0 Å². The van der Waals surface area contributed by atoms with E-state index in [4.69, 9.17) is 9.31 Å². The first-order valence-electron chi connectivity index (χ1n) is 6.86. The van der Waals surface area contributed by atoms with Gasteiger partial charge in [0.05, 0.1) is 11.2 Å². The average molecular weight is 294 g/mol. The van der Waals surface area contributed by atoms with Crippen molar-refractivity contribution < 1.29 is 9.31 Å². The lowest BCUT2D eigenvalue weighted by atomic mass is 9.78. The summed E-state index contributed by atoms with van der Waals surface area (Å²) < 4.78 is 18.4. The van der Waals surface area contributed by atoms with Crippen LogP contribution >= 0.6 is 12.1 Å². The van der Waals surface area contributed by atoms with E-state index in [1.165, 1.54) is 17.7 Å². The van der Waals surface area contributed by atoms with Crippen LogP contribution in [-0.2, 0) is 15.9 Å². The minimum atomic E-state index is -0.298. The first-order chi connectivity index (χ1) is 9.36. The summed E-state index contributed by atoms with van der Waals surface area (Å²) in [7, 11) is 1.59. The molecule has 1 saturated heterocycles. The number of hydrogen-bond donors (Lipinski definition) is 2. The van der Waals surface area contributed by atoms with E-state index >= 15 is 0 Å². The number of benzene rings is 1. The molecule has 6 heteroatoms. The van der Waals surface area contributed by atoms with Crippen molar-refractivity contribution >= 4 is 24.7 Å². The van der Waals surface area contributed by atoms with Crippen LogP contribution in [0.5, 0.6) is 0 Å². The maximum Gasteiger partial charge on any atom is 0.494 e. The number of hydrogen-bond acceptors (Lipinski definition) is 5. The minimum Gasteiger partial charge on any atom is -0.399 e. The Bertz CT molecular complexity index is 452. The van der Waals surface area contributed by atoms with Crippen LogP contribution in [0.2, 0.25) is 0 Å². The van der Waals surface area contributed by atoms with Gasteiger partial charge < -0.3 is 9.31 Å². The summed E-state index contributed by atoms with van der Waals surface area (Å²) in [4.78, 5) is 0. The van der Waals surface area contributed by atoms with Gasteiger partial charge in [0.1, 0.15) is 0 Å². The maximum atomic E-state index is 6.07. The Morgan fingerprint density at radius 3 is 2.40 bits per heavy atom. The molecule has 0 spiro atoms. The summed E-state index contributed by atoms with van der Waals surface area (Å²) in [6.07, 6.45) is 0. The molecule has 1 aromatic rings. The summed E-state index contributed by atoms with van der Waals surface area (Å²) in [6.45, 7) is 9.08. The average Bonchev–Trinajstić information content (AvgIpc) is 2.59. The predicted molar refractivity (Wildman–Crippen MR) is 85.6 cm³/mol. The molecule has 0 amide bonds. The molecule has 1 heterocycles. The standard InChI is InChI=1S/C14H23BN2O2S/c1-13(2)14(3,4)19-15(18-13)12-8-6-7-11(9-12)10-17-20-16-5/h6-9,16-17H,10H2,1-5H3. The van der Waals surface area contributed by atoms with Gasteiger partial charge in [0.2, 0.25) is 0 Å². The van der Waals surface area contributed by atoms with Crippen LogP contribution in [0.15, 0.2) is 24.3 Å². The highest BCUT2D eigenvalue weighted by atomic mass is 32.2. The van der Waals surface area contributed by atoms with E-state index in [0.29, 0.717) is 0 Å². The Hall–Kier alpha value is -0.525. The summed E-state index contributed by atoms with van der Waals surface area (Å²) in [5.74, 6) is 0. The van der Waals surface area contributed by atoms with Gasteiger partial charge in [-0.25, -0.2) is 4.72 Å². The molecule has 0 atom stereocenters. The van der Waals surface area contributed by atoms with Crippen molar-refractivity contribution in [2.75, 3.05) is 7.05 Å². The highest BCUT2D eigenvalue weighted by Crippen LogP contribution is 2.36. The molecule has 1 aromatic carbocycles. The molecule has 2 N–H and O–H groups in total. The zero-order chi connectivity index (χ0) is 14.8. The topological polar surface area (TPSA) is 42.5 Å². The van der Waals surface area contributed by atoms with Crippen molar-refractivity contribution in [3.05, 3.63) is 29.8 Å². The van der Waals surface area contributed by atoms with Crippen molar-refractivity contribution in [3.8, 4) is 0 Å². The van der Waals surface area contributed by atoms with E-state index in [-0.39, 0.29) is 18.3 Å². The third kappa shape index (κ3) is 3.38. The van der Waals surface area contributed by atoms with Crippen LogP contribution in [0.3, 0.4) is 0 Å². The zero-order valence-electron chi connectivity index (χ0n) is 12.8. The van der Waals surface area contributed by atoms with E-state index in [1.807, 2.05) is 13.1 Å². The Balaban J connectivity index is 2.09. The first kappa shape index (κ1) is 15.9. The van der Waals surface area contributed by atoms with Gasteiger partial charge in [-0.15, -0.1) is 0 Å². The normalized spacial score (nSPS) is 20.4. The van der Waals surface area contributed by atoms with Crippen LogP contribution in [0, 0.1) is 0 Å². The quantitative estimate of drug-likeness (QED) is 0.493. The smallest absolute Gasteiger partial charge is 0.399 e. The van der Waals surface area contributed by atoms with E-state index in [2.05, 4.69) is 55.3 Å². The van der Waals surface area contributed by atoms with Crippen LogP contribution in [0.25, 0.3) is 0 Å². The molecule has 0 radical (unpaired) electrons. The number of rotatable bonds is 5. The van der Waals surface area contributed by atoms with E-state index in [0.717, 1.165) is 12.0 Å². The van der Waals surface area contributed by atoms with Crippen molar-refractivity contribution in [2.24, 2.45) is 0 Å². The molecule has 1 fully saturated rings. The second kappa shape index (κ2) is 6.07. The fourth-order valence-electron chi connectivity index (χ4n) is 2.02. The molecule has 0 saturated carbocycles. The fraction of sp³-hybridized carbons (Fsp3) is 0.571. The van der Waals surface area contributed by atoms with E-state index in [1.54, 1.807) is 0 Å². The first-order valence-corrected chi connectivity index (χ1v) is 7.67. The number of nitrogens with one attached hydrogen (secondary N) is 2. The van der Waals surface area contributed by atoms with Gasteiger partial charge in [0, 0.05) is 18.7 Å². The van der Waals surface area contributed by atoms with Crippen molar-refractivity contribution in [2.45, 2.75) is 45.4 Å². The molecular weight excluding hydrogens is 271 g/mol. The van der Waals surface area contributed by atoms with Gasteiger partial charge in [-0.1, -0.05) is 24.3 Å². The lowest BCUT2D eigenvalue weighted by Gasteiger charge is -2.32. The predicted octanol–water partition coefficient (Wildman–Crippen LogP) is 1.86. The molecule has 0 aromatic heterocycles. The fourth-order valence-corrected chi connectivity index (χ4v) is 2.40. The minimum absolute atomic E-state index is 0.295. The molecule has 2 rings (SSSR count). The zero-order valence-corrected chi connectivity index (χ0v) is 13.6. The van der Waals surface area contributed by atoms with Crippen LogP contribution in [0.1, 0.15) is 33.3 Å². The van der Waals surface area contributed by atoms with Gasteiger partial charge in [-0.3, -0.25) is 4.72 Å². The monoisotopic (exact) mass is 294 g/mol. The lowest BCUT2D eigenvalue weighted by molar-refractivity contribution is 0.00578. The van der Waals surface area contributed by atoms with Gasteiger partial charge in [0.15, 0.2) is 0 Å². The highest BCUT2D eigenvalue weighted by molar-refractivity contribution is 7.95. The van der Waals surface area contributed by atoms with E-state index < -0.39 is 0 Å². The molecule has 20 heavy (non-hydrogen) atoms. The molecule has 0 bridgehead atoms. The molecule has 4 nitrogen and oxygen atoms in total. The second-order valence-electron chi connectivity index (χ2n) is 5.96. The Morgan fingerprint density at radius 1 is 1.15 bits per heavy atom. The van der Waals surface area contributed by atoms with Crippen LogP contribution < -0.4 is 14.9 Å². The van der Waals surface area contributed by atoms with E-state index in [9.17, 15) is 0 Å². The SMILES string of the molecule is CNSNCc1cccc(B2OC(C)(C)C(C)(C)O2)c1. The lowest BCUT2D eigenvalue weighted by Crippen LogP contribution is -2.41. The molecule has 110 valence electrons. The Labute approximate surface area is 126 Å². The van der Waals surface area contributed by atoms with Gasteiger partial charge in [-0.05, 0) is 45.8 Å². The van der Waals surface area contributed by atoms with Crippen LogP contribution in [0.4, 0.5) is 0 Å². The largest absolute Gasteiger partial charge is 0.494 e. The summed E-state index contributed by atoms with van der Waals surface area (Å²) in [5, 5.41) is 0. The molecule has 0 unspecified atom stereocenters. The third-order valence-corrected chi connectivity index (χ3v) is 4.42. The Morgan fingerprint density at radius 2 is 1.80 bits per heavy atom. The molecule has 1 aliphatic rings. The van der Waals surface area contributed by atoms with Crippen LogP contribution in [-0.4, -0.2) is 25.4 Å².